The first kappa shape index (κ1) is 10.3. The molecule has 0 fully saturated rings. The van der Waals surface area contributed by atoms with E-state index in [2.05, 4.69) is 0 Å². The average Bonchev–Trinajstić information content (AvgIpc) is 2.17. The van der Waals surface area contributed by atoms with Crippen molar-refractivity contribution in [3.63, 3.8) is 0 Å². The summed E-state index contributed by atoms with van der Waals surface area (Å²) in [7, 11) is 0. The SMILES string of the molecule is CC1(C(=O)O)CCOc2cc(Cl)ccc21. The number of aliphatic carboxylic acids is 1. The number of benzene rings is 1. The van der Waals surface area contributed by atoms with Crippen molar-refractivity contribution in [3.05, 3.63) is 28.8 Å². The van der Waals surface area contributed by atoms with Crippen molar-refractivity contribution >= 4 is 17.6 Å². The standard InChI is InChI=1S/C11H11ClO3/c1-11(10(13)14)4-5-15-9-6-7(12)2-3-8(9)11/h2-3,6H,4-5H2,1H3,(H,13,14). The Kier molecular flexibility index (Phi) is 2.35. The van der Waals surface area contributed by atoms with Crippen LogP contribution in [0.2, 0.25) is 5.02 Å². The molecular formula is C11H11ClO3. The normalized spacial score (nSPS) is 24.1. The predicted octanol–water partition coefficient (Wildman–Crippen LogP) is 2.46. The summed E-state index contributed by atoms with van der Waals surface area (Å²) in [6.45, 7) is 2.13. The zero-order chi connectivity index (χ0) is 11.1. The number of carboxylic acid groups (broad SMARTS) is 1. The molecule has 1 N–H and O–H groups in total. The summed E-state index contributed by atoms with van der Waals surface area (Å²) in [5, 5.41) is 9.78. The van der Waals surface area contributed by atoms with E-state index in [9.17, 15) is 9.90 Å². The van der Waals surface area contributed by atoms with Gasteiger partial charge in [-0.15, -0.1) is 0 Å². The van der Waals surface area contributed by atoms with Gasteiger partial charge in [-0.25, -0.2) is 0 Å². The molecule has 1 heterocycles. The van der Waals surface area contributed by atoms with Crippen molar-refractivity contribution in [1.29, 1.82) is 0 Å². The first-order chi connectivity index (χ1) is 7.04. The minimum atomic E-state index is -0.863. The molecule has 2 rings (SSSR count). The Hall–Kier alpha value is -1.22. The Labute approximate surface area is 92.6 Å². The van der Waals surface area contributed by atoms with Crippen LogP contribution in [0.3, 0.4) is 0 Å². The van der Waals surface area contributed by atoms with E-state index in [4.69, 9.17) is 16.3 Å². The average molecular weight is 227 g/mol. The molecule has 0 spiro atoms. The topological polar surface area (TPSA) is 46.5 Å². The second kappa shape index (κ2) is 3.42. The van der Waals surface area contributed by atoms with E-state index >= 15 is 0 Å². The predicted molar refractivity (Wildman–Crippen MR) is 56.6 cm³/mol. The van der Waals surface area contributed by atoms with Crippen molar-refractivity contribution < 1.29 is 14.6 Å². The van der Waals surface area contributed by atoms with Crippen LogP contribution in [0.5, 0.6) is 5.75 Å². The van der Waals surface area contributed by atoms with Gasteiger partial charge in [0.05, 0.1) is 12.0 Å². The van der Waals surface area contributed by atoms with Crippen LogP contribution in [-0.2, 0) is 10.2 Å². The van der Waals surface area contributed by atoms with Crippen LogP contribution >= 0.6 is 11.6 Å². The fourth-order valence-electron chi connectivity index (χ4n) is 1.79. The van der Waals surface area contributed by atoms with Crippen LogP contribution in [0.4, 0.5) is 0 Å². The molecule has 0 bridgehead atoms. The van der Waals surface area contributed by atoms with Gasteiger partial charge in [-0.2, -0.15) is 0 Å². The Morgan fingerprint density at radius 3 is 3.00 bits per heavy atom. The third kappa shape index (κ3) is 1.57. The molecule has 1 aliphatic heterocycles. The van der Waals surface area contributed by atoms with E-state index in [0.29, 0.717) is 29.4 Å². The summed E-state index contributed by atoms with van der Waals surface area (Å²) in [6, 6.07) is 5.08. The highest BCUT2D eigenvalue weighted by Gasteiger charge is 2.40. The molecule has 0 aromatic heterocycles. The number of rotatable bonds is 1. The van der Waals surface area contributed by atoms with Gasteiger partial charge in [-0.05, 0) is 19.1 Å². The summed E-state index contributed by atoms with van der Waals surface area (Å²) in [4.78, 5) is 11.2. The monoisotopic (exact) mass is 226 g/mol. The molecule has 1 atom stereocenters. The first-order valence-electron chi connectivity index (χ1n) is 4.70. The van der Waals surface area contributed by atoms with Crippen molar-refractivity contribution in [3.8, 4) is 5.75 Å². The molecular weight excluding hydrogens is 216 g/mol. The van der Waals surface area contributed by atoms with Crippen LogP contribution in [0.15, 0.2) is 18.2 Å². The number of carbonyl (C=O) groups is 1. The number of carboxylic acids is 1. The number of fused-ring (bicyclic) bond motifs is 1. The fraction of sp³-hybridized carbons (Fsp3) is 0.364. The lowest BCUT2D eigenvalue weighted by Crippen LogP contribution is -2.37. The van der Waals surface area contributed by atoms with Gasteiger partial charge in [-0.3, -0.25) is 4.79 Å². The highest BCUT2D eigenvalue weighted by molar-refractivity contribution is 6.30. The largest absolute Gasteiger partial charge is 0.493 e. The van der Waals surface area contributed by atoms with E-state index in [-0.39, 0.29) is 0 Å². The van der Waals surface area contributed by atoms with E-state index in [0.717, 1.165) is 0 Å². The van der Waals surface area contributed by atoms with Crippen LogP contribution in [0.25, 0.3) is 0 Å². The van der Waals surface area contributed by atoms with Crippen LogP contribution in [0, 0.1) is 0 Å². The van der Waals surface area contributed by atoms with Gasteiger partial charge in [-0.1, -0.05) is 17.7 Å². The number of hydrogen-bond donors (Lipinski definition) is 1. The number of halogens is 1. The van der Waals surface area contributed by atoms with Crippen molar-refractivity contribution in [2.24, 2.45) is 0 Å². The van der Waals surface area contributed by atoms with E-state index in [1.54, 1.807) is 25.1 Å². The molecule has 1 unspecified atom stereocenters. The zero-order valence-electron chi connectivity index (χ0n) is 8.29. The molecule has 0 saturated carbocycles. The van der Waals surface area contributed by atoms with Crippen molar-refractivity contribution in [2.45, 2.75) is 18.8 Å². The molecule has 80 valence electrons. The lowest BCUT2D eigenvalue weighted by molar-refractivity contribution is -0.144. The van der Waals surface area contributed by atoms with E-state index in [1.807, 2.05) is 0 Å². The highest BCUT2D eigenvalue weighted by Crippen LogP contribution is 2.39. The number of hydrogen-bond acceptors (Lipinski definition) is 2. The zero-order valence-corrected chi connectivity index (χ0v) is 9.04. The molecule has 1 aliphatic rings. The van der Waals surface area contributed by atoms with E-state index < -0.39 is 11.4 Å². The summed E-state index contributed by atoms with van der Waals surface area (Å²) >= 11 is 5.82. The minimum absolute atomic E-state index is 0.413. The van der Waals surface area contributed by atoms with Crippen LogP contribution in [-0.4, -0.2) is 17.7 Å². The molecule has 0 saturated heterocycles. The molecule has 15 heavy (non-hydrogen) atoms. The molecule has 1 aromatic rings. The molecule has 4 heteroatoms. The van der Waals surface area contributed by atoms with Gasteiger partial charge in [0.2, 0.25) is 0 Å². The van der Waals surface area contributed by atoms with Gasteiger partial charge in [0.15, 0.2) is 0 Å². The Bertz CT molecular complexity index is 416. The summed E-state index contributed by atoms with van der Waals surface area (Å²) in [5.74, 6) is -0.243. The van der Waals surface area contributed by atoms with Gasteiger partial charge in [0.25, 0.3) is 0 Å². The summed E-state index contributed by atoms with van der Waals surface area (Å²) in [6.07, 6.45) is 0.483. The first-order valence-corrected chi connectivity index (χ1v) is 5.08. The molecule has 0 amide bonds. The van der Waals surface area contributed by atoms with Gasteiger partial charge in [0.1, 0.15) is 5.75 Å². The molecule has 3 nitrogen and oxygen atoms in total. The Morgan fingerprint density at radius 2 is 2.33 bits per heavy atom. The Balaban J connectivity index is 2.56. The lowest BCUT2D eigenvalue weighted by atomic mass is 9.78. The van der Waals surface area contributed by atoms with Crippen LogP contribution in [0.1, 0.15) is 18.9 Å². The van der Waals surface area contributed by atoms with Gasteiger partial charge >= 0.3 is 5.97 Å². The maximum atomic E-state index is 11.2. The maximum absolute atomic E-state index is 11.2. The quantitative estimate of drug-likeness (QED) is 0.800. The third-order valence-electron chi connectivity index (χ3n) is 2.87. The highest BCUT2D eigenvalue weighted by atomic mass is 35.5. The smallest absolute Gasteiger partial charge is 0.314 e. The molecule has 0 aliphatic carbocycles. The Morgan fingerprint density at radius 1 is 1.60 bits per heavy atom. The second-order valence-corrected chi connectivity index (χ2v) is 4.31. The second-order valence-electron chi connectivity index (χ2n) is 3.88. The molecule has 1 aromatic carbocycles. The van der Waals surface area contributed by atoms with E-state index in [1.165, 1.54) is 0 Å². The summed E-state index contributed by atoms with van der Waals surface area (Å²) in [5.41, 5.74) is -0.163. The van der Waals surface area contributed by atoms with Crippen molar-refractivity contribution in [2.75, 3.05) is 6.61 Å². The summed E-state index contributed by atoms with van der Waals surface area (Å²) < 4.78 is 5.40. The van der Waals surface area contributed by atoms with Crippen molar-refractivity contribution in [1.82, 2.24) is 0 Å². The molecule has 0 radical (unpaired) electrons. The van der Waals surface area contributed by atoms with Gasteiger partial charge in [0, 0.05) is 17.0 Å². The van der Waals surface area contributed by atoms with Crippen LogP contribution < -0.4 is 4.74 Å². The van der Waals surface area contributed by atoms with Gasteiger partial charge < -0.3 is 9.84 Å². The maximum Gasteiger partial charge on any atom is 0.314 e. The number of ether oxygens (including phenoxy) is 1. The lowest BCUT2D eigenvalue weighted by Gasteiger charge is -2.31. The third-order valence-corrected chi connectivity index (χ3v) is 3.10. The minimum Gasteiger partial charge on any atom is -0.493 e. The fourth-order valence-corrected chi connectivity index (χ4v) is 1.96.